The third-order valence-electron chi connectivity index (χ3n) is 5.26. The van der Waals surface area contributed by atoms with E-state index in [2.05, 4.69) is 10.0 Å². The molecule has 0 radical (unpaired) electrons. The summed E-state index contributed by atoms with van der Waals surface area (Å²) in [4.78, 5) is 26.4. The van der Waals surface area contributed by atoms with Crippen LogP contribution in [0, 0.1) is 5.92 Å². The van der Waals surface area contributed by atoms with Gasteiger partial charge < -0.3 is 10.2 Å². The minimum absolute atomic E-state index is 0.0352. The van der Waals surface area contributed by atoms with E-state index in [1.165, 1.54) is 13.0 Å². The molecule has 1 aliphatic rings. The van der Waals surface area contributed by atoms with Crippen LogP contribution in [-0.4, -0.2) is 32.3 Å². The monoisotopic (exact) mass is 463 g/mol. The number of nitrogens with one attached hydrogen (secondary N) is 2. The van der Waals surface area contributed by atoms with E-state index in [0.29, 0.717) is 17.1 Å². The maximum Gasteiger partial charge on any atom is 0.242 e. The van der Waals surface area contributed by atoms with Crippen molar-refractivity contribution in [1.82, 2.24) is 4.72 Å². The summed E-state index contributed by atoms with van der Waals surface area (Å²) in [6, 6.07) is 10.3. The summed E-state index contributed by atoms with van der Waals surface area (Å²) < 4.78 is 28.6. The molecule has 2 aromatic carbocycles. The van der Waals surface area contributed by atoms with E-state index in [0.717, 1.165) is 11.3 Å². The number of benzene rings is 2. The molecule has 2 atom stereocenters. The fourth-order valence-electron chi connectivity index (χ4n) is 3.74. The summed E-state index contributed by atoms with van der Waals surface area (Å²) in [5, 5.41) is 3.26. The standard InChI is InChI=1S/C22H26ClN3O4S/c1-13(2)21(22(28)24-18-7-5-17(23)6-8-18)25-31(29,30)19-9-10-20-16(12-19)11-14(3)26(20)15(4)27/h5-10,12-14,21,25H,11H2,1-4H3,(H,24,28)/t14-,21-/m1/s1. The molecular formula is C22H26ClN3O4S. The van der Waals surface area contributed by atoms with Crippen molar-refractivity contribution in [2.24, 2.45) is 5.92 Å². The zero-order valence-corrected chi connectivity index (χ0v) is 19.4. The zero-order valence-electron chi connectivity index (χ0n) is 17.8. The molecule has 0 unspecified atom stereocenters. The van der Waals surface area contributed by atoms with Gasteiger partial charge in [0.2, 0.25) is 21.8 Å². The highest BCUT2D eigenvalue weighted by molar-refractivity contribution is 7.89. The van der Waals surface area contributed by atoms with E-state index in [-0.39, 0.29) is 22.8 Å². The Morgan fingerprint density at radius 2 is 1.77 bits per heavy atom. The number of sulfonamides is 1. The maximum absolute atomic E-state index is 13.1. The van der Waals surface area contributed by atoms with Gasteiger partial charge in [-0.05, 0) is 67.3 Å². The quantitative estimate of drug-likeness (QED) is 0.684. The lowest BCUT2D eigenvalue weighted by molar-refractivity contribution is -0.118. The van der Waals surface area contributed by atoms with Crippen molar-refractivity contribution < 1.29 is 18.0 Å². The first-order chi connectivity index (χ1) is 14.5. The fourth-order valence-corrected chi connectivity index (χ4v) is 5.26. The number of hydrogen-bond acceptors (Lipinski definition) is 4. The fraction of sp³-hybridized carbons (Fsp3) is 0.364. The van der Waals surface area contributed by atoms with Gasteiger partial charge in [-0.15, -0.1) is 0 Å². The van der Waals surface area contributed by atoms with Gasteiger partial charge in [-0.25, -0.2) is 8.42 Å². The molecular weight excluding hydrogens is 438 g/mol. The molecule has 2 N–H and O–H groups in total. The average molecular weight is 464 g/mol. The van der Waals surface area contributed by atoms with Crippen molar-refractivity contribution in [3.8, 4) is 0 Å². The molecule has 0 aliphatic carbocycles. The molecule has 0 saturated carbocycles. The number of rotatable bonds is 6. The lowest BCUT2D eigenvalue weighted by Gasteiger charge is -2.22. The number of fused-ring (bicyclic) bond motifs is 1. The third kappa shape index (κ3) is 5.08. The summed E-state index contributed by atoms with van der Waals surface area (Å²) in [6.07, 6.45) is 0.572. The summed E-state index contributed by atoms with van der Waals surface area (Å²) >= 11 is 5.87. The van der Waals surface area contributed by atoms with Crippen LogP contribution >= 0.6 is 11.6 Å². The second kappa shape index (κ2) is 8.98. The molecule has 166 valence electrons. The van der Waals surface area contributed by atoms with E-state index in [9.17, 15) is 18.0 Å². The zero-order chi connectivity index (χ0) is 22.9. The van der Waals surface area contributed by atoms with Gasteiger partial charge in [0.1, 0.15) is 6.04 Å². The molecule has 2 aromatic rings. The molecule has 0 fully saturated rings. The lowest BCUT2D eigenvalue weighted by Crippen LogP contribution is -2.47. The van der Waals surface area contributed by atoms with E-state index >= 15 is 0 Å². The van der Waals surface area contributed by atoms with Crippen LogP contribution in [0.2, 0.25) is 5.02 Å². The highest BCUT2D eigenvalue weighted by Crippen LogP contribution is 2.34. The Kier molecular flexibility index (Phi) is 6.73. The van der Waals surface area contributed by atoms with Gasteiger partial charge in [0.15, 0.2) is 0 Å². The molecule has 2 amide bonds. The second-order valence-electron chi connectivity index (χ2n) is 8.07. The van der Waals surface area contributed by atoms with Crippen LogP contribution in [0.3, 0.4) is 0 Å². The van der Waals surface area contributed by atoms with Crippen molar-refractivity contribution in [3.63, 3.8) is 0 Å². The number of carbonyl (C=O) groups excluding carboxylic acids is 2. The van der Waals surface area contributed by atoms with Gasteiger partial charge in [0.05, 0.1) is 4.90 Å². The summed E-state index contributed by atoms with van der Waals surface area (Å²) in [7, 11) is -3.96. The summed E-state index contributed by atoms with van der Waals surface area (Å²) in [6.45, 7) is 6.95. The maximum atomic E-state index is 13.1. The highest BCUT2D eigenvalue weighted by Gasteiger charge is 2.32. The van der Waals surface area contributed by atoms with Gasteiger partial charge in [0, 0.05) is 29.4 Å². The Morgan fingerprint density at radius 1 is 1.13 bits per heavy atom. The van der Waals surface area contributed by atoms with Gasteiger partial charge >= 0.3 is 0 Å². The van der Waals surface area contributed by atoms with Crippen molar-refractivity contribution in [2.75, 3.05) is 10.2 Å². The van der Waals surface area contributed by atoms with Crippen LogP contribution in [-0.2, 0) is 26.0 Å². The number of nitrogens with zero attached hydrogens (tertiary/aromatic N) is 1. The van der Waals surface area contributed by atoms with Crippen LogP contribution in [0.1, 0.15) is 33.3 Å². The number of carbonyl (C=O) groups is 2. The molecule has 3 rings (SSSR count). The molecule has 0 aromatic heterocycles. The van der Waals surface area contributed by atoms with Gasteiger partial charge in [-0.2, -0.15) is 4.72 Å². The highest BCUT2D eigenvalue weighted by atomic mass is 35.5. The average Bonchev–Trinajstić information content (AvgIpc) is 3.02. The third-order valence-corrected chi connectivity index (χ3v) is 6.95. The molecule has 0 bridgehead atoms. The SMILES string of the molecule is CC(=O)N1c2ccc(S(=O)(=O)N[C@@H](C(=O)Nc3ccc(Cl)cc3)C(C)C)cc2C[C@H]1C. The van der Waals surface area contributed by atoms with Crippen molar-refractivity contribution in [1.29, 1.82) is 0 Å². The molecule has 1 heterocycles. The number of halogens is 1. The minimum Gasteiger partial charge on any atom is -0.325 e. The predicted molar refractivity (Wildman–Crippen MR) is 122 cm³/mol. The predicted octanol–water partition coefficient (Wildman–Crippen LogP) is 3.58. The Morgan fingerprint density at radius 3 is 2.35 bits per heavy atom. The second-order valence-corrected chi connectivity index (χ2v) is 10.2. The molecule has 7 nitrogen and oxygen atoms in total. The van der Waals surface area contributed by atoms with Crippen LogP contribution in [0.25, 0.3) is 0 Å². The van der Waals surface area contributed by atoms with Crippen LogP contribution in [0.15, 0.2) is 47.4 Å². The molecule has 1 aliphatic heterocycles. The molecule has 9 heteroatoms. The first-order valence-corrected chi connectivity index (χ1v) is 11.9. The van der Waals surface area contributed by atoms with Crippen LogP contribution in [0.5, 0.6) is 0 Å². The Hall–Kier alpha value is -2.42. The Balaban J connectivity index is 1.82. The number of anilines is 2. The normalized spacial score (nSPS) is 16.8. The van der Waals surface area contributed by atoms with Crippen LogP contribution in [0.4, 0.5) is 11.4 Å². The summed E-state index contributed by atoms with van der Waals surface area (Å²) in [5.41, 5.74) is 2.03. The number of amides is 2. The van der Waals surface area contributed by atoms with Crippen molar-refractivity contribution in [3.05, 3.63) is 53.1 Å². The van der Waals surface area contributed by atoms with E-state index in [4.69, 9.17) is 11.6 Å². The van der Waals surface area contributed by atoms with E-state index < -0.39 is 22.0 Å². The van der Waals surface area contributed by atoms with Crippen molar-refractivity contribution in [2.45, 2.75) is 51.1 Å². The van der Waals surface area contributed by atoms with E-state index in [1.807, 2.05) is 6.92 Å². The Bertz CT molecular complexity index is 1100. The first kappa shape index (κ1) is 23.2. The van der Waals surface area contributed by atoms with Gasteiger partial charge in [-0.1, -0.05) is 25.4 Å². The first-order valence-electron chi connectivity index (χ1n) is 10.0. The molecule has 0 saturated heterocycles. The van der Waals surface area contributed by atoms with Crippen LogP contribution < -0.4 is 14.9 Å². The summed E-state index contributed by atoms with van der Waals surface area (Å²) in [5.74, 6) is -0.832. The molecule has 31 heavy (non-hydrogen) atoms. The topological polar surface area (TPSA) is 95.6 Å². The van der Waals surface area contributed by atoms with Gasteiger partial charge in [0.25, 0.3) is 0 Å². The molecule has 0 spiro atoms. The minimum atomic E-state index is -3.96. The van der Waals surface area contributed by atoms with Crippen molar-refractivity contribution >= 4 is 44.8 Å². The van der Waals surface area contributed by atoms with E-state index in [1.54, 1.807) is 55.1 Å². The lowest BCUT2D eigenvalue weighted by atomic mass is 10.0. The Labute approximate surface area is 187 Å². The van der Waals surface area contributed by atoms with Gasteiger partial charge in [-0.3, -0.25) is 9.59 Å². The number of hydrogen-bond donors (Lipinski definition) is 2. The largest absolute Gasteiger partial charge is 0.325 e. The smallest absolute Gasteiger partial charge is 0.242 e.